The quantitative estimate of drug-likeness (QED) is 0.584. The predicted octanol–water partition coefficient (Wildman–Crippen LogP) is -0.364. The number of rotatable bonds is 0. The van der Waals surface area contributed by atoms with Crippen LogP contribution in [0.1, 0.15) is 0 Å². The molecule has 3 radical (unpaired) electrons. The van der Waals surface area contributed by atoms with Gasteiger partial charge in [0.15, 0.2) is 0 Å². The van der Waals surface area contributed by atoms with E-state index < -0.39 is 0 Å². The summed E-state index contributed by atoms with van der Waals surface area (Å²) in [5, 5.41) is 0. The fourth-order valence-electron chi connectivity index (χ4n) is 0. The van der Waals surface area contributed by atoms with E-state index in [4.69, 9.17) is 0 Å². The van der Waals surface area contributed by atoms with Gasteiger partial charge in [0, 0.05) is 98.1 Å². The molecule has 0 spiro atoms. The van der Waals surface area contributed by atoms with Crippen molar-refractivity contribution in [3.63, 3.8) is 0 Å². The summed E-state index contributed by atoms with van der Waals surface area (Å²) >= 11 is 0. The zero-order chi connectivity index (χ0) is 0. The molecule has 0 N–H and O–H groups in total. The molecular formula is O3Y3-6. The van der Waals surface area contributed by atoms with Crippen molar-refractivity contribution >= 4 is 0 Å². The van der Waals surface area contributed by atoms with E-state index in [1.165, 1.54) is 0 Å². The average Bonchev–Trinajstić information content (AvgIpc) is 0. The van der Waals surface area contributed by atoms with Gasteiger partial charge in [0.25, 0.3) is 0 Å². The summed E-state index contributed by atoms with van der Waals surface area (Å²) in [6.45, 7) is 0. The van der Waals surface area contributed by atoms with E-state index in [9.17, 15) is 0 Å². The Morgan fingerprint density at radius 1 is 0.333 bits per heavy atom. The van der Waals surface area contributed by atoms with Crippen molar-refractivity contribution in [2.75, 3.05) is 0 Å². The van der Waals surface area contributed by atoms with Crippen LogP contribution in [0.25, 0.3) is 0 Å². The molecule has 0 aromatic rings. The molecule has 0 aliphatic carbocycles. The Hall–Kier alpha value is 3.19. The van der Waals surface area contributed by atoms with Gasteiger partial charge in [-0.25, -0.2) is 0 Å². The van der Waals surface area contributed by atoms with Crippen LogP contribution in [0, 0.1) is 0 Å². The zero-order valence-electron chi connectivity index (χ0n) is 2.96. The molecular weight excluding hydrogens is 315 g/mol. The van der Waals surface area contributed by atoms with Crippen molar-refractivity contribution in [1.82, 2.24) is 0 Å². The van der Waals surface area contributed by atoms with Gasteiger partial charge < -0.3 is 16.4 Å². The monoisotopic (exact) mass is 315 g/mol. The third-order valence-corrected chi connectivity index (χ3v) is 0. The summed E-state index contributed by atoms with van der Waals surface area (Å²) in [6.07, 6.45) is 0. The Kier molecular flexibility index (Phi) is 420. The standard InChI is InChI=1S/3O.3Y/q3*-2;;;. The summed E-state index contributed by atoms with van der Waals surface area (Å²) in [5.74, 6) is 0. The van der Waals surface area contributed by atoms with Crippen LogP contribution in [0.15, 0.2) is 0 Å². The topological polar surface area (TPSA) is 85.5 Å². The van der Waals surface area contributed by atoms with Gasteiger partial charge in [-0.15, -0.1) is 0 Å². The van der Waals surface area contributed by atoms with Gasteiger partial charge in [0.1, 0.15) is 0 Å². The Labute approximate surface area is 112 Å². The van der Waals surface area contributed by atoms with Gasteiger partial charge in [0.05, 0.1) is 0 Å². The maximum absolute atomic E-state index is 0. The smallest absolute Gasteiger partial charge is 0 e. The molecule has 0 heterocycles. The van der Waals surface area contributed by atoms with Crippen LogP contribution < -0.4 is 0 Å². The van der Waals surface area contributed by atoms with Crippen molar-refractivity contribution in [1.29, 1.82) is 0 Å². The molecule has 0 aliphatic rings. The van der Waals surface area contributed by atoms with Crippen LogP contribution in [0.4, 0.5) is 0 Å². The summed E-state index contributed by atoms with van der Waals surface area (Å²) in [5.41, 5.74) is 0. The molecule has 0 atom stereocenters. The first-order valence-electron chi connectivity index (χ1n) is 0. The Bertz CT molecular complexity index is 6.00. The summed E-state index contributed by atoms with van der Waals surface area (Å²) in [4.78, 5) is 0. The minimum atomic E-state index is 0. The SMILES string of the molecule is [O-2].[O-2].[O-2].[Y].[Y].[Y]. The fourth-order valence-corrected chi connectivity index (χ4v) is 0. The van der Waals surface area contributed by atoms with E-state index in [2.05, 4.69) is 0 Å². The molecule has 3 nitrogen and oxygen atoms in total. The van der Waals surface area contributed by atoms with Crippen molar-refractivity contribution in [3.8, 4) is 0 Å². The molecule has 0 aromatic carbocycles. The molecule has 0 aromatic heterocycles. The first kappa shape index (κ1) is 60.5. The van der Waals surface area contributed by atoms with Crippen LogP contribution >= 0.6 is 0 Å². The Morgan fingerprint density at radius 3 is 0.333 bits per heavy atom. The molecule has 0 fully saturated rings. The van der Waals surface area contributed by atoms with Gasteiger partial charge >= 0.3 is 0 Å². The molecule has 0 bridgehead atoms. The van der Waals surface area contributed by atoms with Crippen molar-refractivity contribution in [2.45, 2.75) is 0 Å². The second kappa shape index (κ2) is 41.6. The average molecular weight is 315 g/mol. The molecule has 0 saturated heterocycles. The molecule has 6 heteroatoms. The summed E-state index contributed by atoms with van der Waals surface area (Å²) < 4.78 is 0. The third-order valence-electron chi connectivity index (χ3n) is 0. The summed E-state index contributed by atoms with van der Waals surface area (Å²) in [6, 6.07) is 0. The molecule has 6 heavy (non-hydrogen) atoms. The van der Waals surface area contributed by atoms with E-state index >= 15 is 0 Å². The van der Waals surface area contributed by atoms with Gasteiger partial charge in [-0.05, 0) is 0 Å². The second-order valence-corrected chi connectivity index (χ2v) is 0. The van der Waals surface area contributed by atoms with Crippen molar-refractivity contribution in [3.05, 3.63) is 0 Å². The third kappa shape index (κ3) is 27.1. The van der Waals surface area contributed by atoms with Gasteiger partial charge in [-0.2, -0.15) is 0 Å². The van der Waals surface area contributed by atoms with Crippen molar-refractivity contribution in [2.24, 2.45) is 0 Å². The Morgan fingerprint density at radius 2 is 0.333 bits per heavy atom. The maximum atomic E-state index is 0. The van der Waals surface area contributed by atoms with Crippen LogP contribution in [-0.2, 0) is 115 Å². The maximum Gasteiger partial charge on any atom is 0 e. The van der Waals surface area contributed by atoms with Crippen molar-refractivity contribution < 1.29 is 115 Å². The van der Waals surface area contributed by atoms with E-state index in [-0.39, 0.29) is 115 Å². The molecule has 0 aliphatic heterocycles. The van der Waals surface area contributed by atoms with E-state index in [0.29, 0.717) is 0 Å². The first-order valence-corrected chi connectivity index (χ1v) is 0. The molecule has 0 amide bonds. The van der Waals surface area contributed by atoms with Gasteiger partial charge in [-0.3, -0.25) is 0 Å². The minimum absolute atomic E-state index is 0. The van der Waals surface area contributed by atoms with E-state index in [1.54, 1.807) is 0 Å². The molecule has 0 rings (SSSR count). The van der Waals surface area contributed by atoms with E-state index in [0.717, 1.165) is 0 Å². The van der Waals surface area contributed by atoms with Crippen LogP contribution in [0.5, 0.6) is 0 Å². The molecule has 0 unspecified atom stereocenters. The van der Waals surface area contributed by atoms with Crippen LogP contribution in [-0.4, -0.2) is 0 Å². The molecule has 33 valence electrons. The van der Waals surface area contributed by atoms with Gasteiger partial charge in [-0.1, -0.05) is 0 Å². The van der Waals surface area contributed by atoms with Gasteiger partial charge in [0.2, 0.25) is 0 Å². The number of hydrogen-bond acceptors (Lipinski definition) is 0. The number of hydrogen-bond donors (Lipinski definition) is 0. The summed E-state index contributed by atoms with van der Waals surface area (Å²) in [7, 11) is 0. The molecule has 0 saturated carbocycles. The predicted molar refractivity (Wildman–Crippen MR) is 2.06 cm³/mol. The second-order valence-electron chi connectivity index (χ2n) is 0. The van der Waals surface area contributed by atoms with E-state index in [1.807, 2.05) is 0 Å². The zero-order valence-corrected chi connectivity index (χ0v) is 11.5. The first-order chi connectivity index (χ1) is 0. The minimum Gasteiger partial charge on any atom is -2.00 e. The normalized spacial score (nSPS) is 0. The fraction of sp³-hybridized carbons (Fsp3) is 0. The van der Waals surface area contributed by atoms with Crippen LogP contribution in [0.2, 0.25) is 0 Å². The van der Waals surface area contributed by atoms with Crippen LogP contribution in [0.3, 0.4) is 0 Å². The largest absolute Gasteiger partial charge is 2.00 e. The Balaban J connectivity index is 0.